The fraction of sp³-hybridized carbons (Fsp3) is 0.0833. The van der Waals surface area contributed by atoms with Crippen LogP contribution in [0.5, 0.6) is 0 Å². The average molecular weight is 204 g/mol. The first-order valence-electron chi connectivity index (χ1n) is 4.52. The molecule has 1 amide bonds. The van der Waals surface area contributed by atoms with E-state index in [1.54, 1.807) is 7.05 Å². The Morgan fingerprint density at radius 2 is 2.00 bits per heavy atom. The highest BCUT2D eigenvalue weighted by Gasteiger charge is 1.79. The molecule has 1 aromatic carbocycles. The maximum absolute atomic E-state index is 9.95. The summed E-state index contributed by atoms with van der Waals surface area (Å²) in [6, 6.07) is 9.95. The molecule has 0 unspecified atom stereocenters. The van der Waals surface area contributed by atoms with Gasteiger partial charge in [0.25, 0.3) is 0 Å². The molecule has 3 heteroatoms. The van der Waals surface area contributed by atoms with Gasteiger partial charge in [0.1, 0.15) is 0 Å². The Balaban J connectivity index is 0.000000288. The van der Waals surface area contributed by atoms with Crippen molar-refractivity contribution in [2.75, 3.05) is 7.05 Å². The van der Waals surface area contributed by atoms with Gasteiger partial charge in [0, 0.05) is 7.05 Å². The van der Waals surface area contributed by atoms with Crippen molar-refractivity contribution < 1.29 is 4.79 Å². The number of carbonyl (C=O) groups is 1. The van der Waals surface area contributed by atoms with Crippen molar-refractivity contribution in [3.8, 4) is 0 Å². The van der Waals surface area contributed by atoms with E-state index < -0.39 is 0 Å². The molecule has 0 saturated heterocycles. The maximum atomic E-state index is 9.95. The molecule has 0 radical (unpaired) electrons. The average Bonchev–Trinajstić information content (AvgIpc) is 2.31. The summed E-state index contributed by atoms with van der Waals surface area (Å²) >= 11 is 0. The molecule has 1 aromatic rings. The first-order chi connectivity index (χ1) is 7.24. The molecule has 80 valence electrons. The van der Waals surface area contributed by atoms with Crippen LogP contribution < -0.4 is 11.1 Å². The molecule has 0 bridgehead atoms. The standard InChI is InChI=1S/C8H9N.C4H7NO/c9-7-6-8-4-2-1-3-5-8;1-3-4(6)5-2/h1-7H,9H2;3H,1H2,2H3,(H,5,6). The molecule has 3 N–H and O–H groups in total. The normalized spacial score (nSPS) is 8.87. The van der Waals surface area contributed by atoms with Gasteiger partial charge in [-0.05, 0) is 23.9 Å². The zero-order chi connectivity index (χ0) is 11.5. The number of hydrogen-bond donors (Lipinski definition) is 2. The second kappa shape index (κ2) is 8.56. The van der Waals surface area contributed by atoms with E-state index in [0.29, 0.717) is 0 Å². The Morgan fingerprint density at radius 3 is 2.33 bits per heavy atom. The molecule has 0 aliphatic heterocycles. The summed E-state index contributed by atoms with van der Waals surface area (Å²) in [6.45, 7) is 3.22. The fourth-order valence-electron chi connectivity index (χ4n) is 0.777. The number of nitrogens with one attached hydrogen (secondary N) is 1. The maximum Gasteiger partial charge on any atom is 0.243 e. The molecule has 1 rings (SSSR count). The van der Waals surface area contributed by atoms with Crippen LogP contribution in [0.2, 0.25) is 0 Å². The summed E-state index contributed by atoms with van der Waals surface area (Å²) in [5, 5.41) is 2.36. The van der Waals surface area contributed by atoms with Gasteiger partial charge in [-0.1, -0.05) is 36.9 Å². The van der Waals surface area contributed by atoms with E-state index >= 15 is 0 Å². The van der Waals surface area contributed by atoms with Crippen molar-refractivity contribution in [3.63, 3.8) is 0 Å². The summed E-state index contributed by atoms with van der Waals surface area (Å²) in [5.41, 5.74) is 6.32. The predicted molar refractivity (Wildman–Crippen MR) is 63.9 cm³/mol. The van der Waals surface area contributed by atoms with Crippen LogP contribution in [0, 0.1) is 0 Å². The summed E-state index contributed by atoms with van der Waals surface area (Å²) < 4.78 is 0. The molecule has 0 atom stereocenters. The highest BCUT2D eigenvalue weighted by Crippen LogP contribution is 1.98. The minimum Gasteiger partial charge on any atom is -0.405 e. The van der Waals surface area contributed by atoms with E-state index in [1.807, 2.05) is 36.4 Å². The molecular formula is C12H16N2O. The number of nitrogens with two attached hydrogens (primary N) is 1. The van der Waals surface area contributed by atoms with Crippen molar-refractivity contribution in [1.29, 1.82) is 0 Å². The smallest absolute Gasteiger partial charge is 0.243 e. The predicted octanol–water partition coefficient (Wildman–Crippen LogP) is 1.53. The largest absolute Gasteiger partial charge is 0.405 e. The van der Waals surface area contributed by atoms with Gasteiger partial charge in [-0.15, -0.1) is 0 Å². The monoisotopic (exact) mass is 204 g/mol. The van der Waals surface area contributed by atoms with Crippen LogP contribution in [0.1, 0.15) is 5.56 Å². The van der Waals surface area contributed by atoms with Crippen molar-refractivity contribution in [2.24, 2.45) is 5.73 Å². The molecule has 0 aliphatic carbocycles. The van der Waals surface area contributed by atoms with E-state index in [-0.39, 0.29) is 5.91 Å². The second-order valence-electron chi connectivity index (χ2n) is 2.59. The lowest BCUT2D eigenvalue weighted by Crippen LogP contribution is -2.13. The SMILES string of the molecule is C=CC(=O)NC.NC=Cc1ccccc1. The molecule has 0 aliphatic rings. The Morgan fingerprint density at radius 1 is 1.40 bits per heavy atom. The van der Waals surface area contributed by atoms with E-state index in [0.717, 1.165) is 5.56 Å². The lowest BCUT2D eigenvalue weighted by molar-refractivity contribution is -0.116. The Labute approximate surface area is 90.3 Å². The molecule has 0 aromatic heterocycles. The van der Waals surface area contributed by atoms with Gasteiger partial charge in [0.05, 0.1) is 0 Å². The van der Waals surface area contributed by atoms with E-state index in [9.17, 15) is 4.79 Å². The number of benzene rings is 1. The molecular weight excluding hydrogens is 188 g/mol. The molecule has 0 heterocycles. The number of carbonyl (C=O) groups excluding carboxylic acids is 1. The summed E-state index contributed by atoms with van der Waals surface area (Å²) in [5.74, 6) is -0.144. The van der Waals surface area contributed by atoms with E-state index in [1.165, 1.54) is 12.3 Å². The minimum atomic E-state index is -0.144. The van der Waals surface area contributed by atoms with Crippen molar-refractivity contribution in [1.82, 2.24) is 5.32 Å². The number of amides is 1. The number of likely N-dealkylation sites (N-methyl/N-ethyl adjacent to an activating group) is 1. The van der Waals surface area contributed by atoms with Gasteiger partial charge >= 0.3 is 0 Å². The van der Waals surface area contributed by atoms with Crippen LogP contribution in [-0.4, -0.2) is 13.0 Å². The van der Waals surface area contributed by atoms with Crippen LogP contribution in [-0.2, 0) is 4.79 Å². The lowest BCUT2D eigenvalue weighted by Gasteiger charge is -1.86. The van der Waals surface area contributed by atoms with Crippen LogP contribution in [0.3, 0.4) is 0 Å². The molecule has 0 fully saturated rings. The molecule has 0 saturated carbocycles. The van der Waals surface area contributed by atoms with E-state index in [4.69, 9.17) is 5.73 Å². The number of hydrogen-bond acceptors (Lipinski definition) is 2. The van der Waals surface area contributed by atoms with Crippen molar-refractivity contribution in [3.05, 3.63) is 54.8 Å². The highest BCUT2D eigenvalue weighted by molar-refractivity contribution is 5.86. The van der Waals surface area contributed by atoms with Crippen LogP contribution in [0.15, 0.2) is 49.2 Å². The van der Waals surface area contributed by atoms with Gasteiger partial charge in [-0.25, -0.2) is 0 Å². The quantitative estimate of drug-likeness (QED) is 0.718. The van der Waals surface area contributed by atoms with Crippen LogP contribution in [0.4, 0.5) is 0 Å². The Bertz CT molecular complexity index is 318. The highest BCUT2D eigenvalue weighted by atomic mass is 16.1. The zero-order valence-electron chi connectivity index (χ0n) is 8.81. The zero-order valence-corrected chi connectivity index (χ0v) is 8.81. The first kappa shape index (κ1) is 13.0. The fourth-order valence-corrected chi connectivity index (χ4v) is 0.777. The van der Waals surface area contributed by atoms with Crippen LogP contribution >= 0.6 is 0 Å². The minimum absolute atomic E-state index is 0.144. The molecule has 0 spiro atoms. The van der Waals surface area contributed by atoms with E-state index in [2.05, 4.69) is 11.9 Å². The summed E-state index contributed by atoms with van der Waals surface area (Å²) in [6.07, 6.45) is 4.62. The Kier molecular flexibility index (Phi) is 7.40. The third-order valence-corrected chi connectivity index (χ3v) is 1.52. The van der Waals surface area contributed by atoms with Crippen LogP contribution in [0.25, 0.3) is 6.08 Å². The van der Waals surface area contributed by atoms with Gasteiger partial charge in [-0.3, -0.25) is 4.79 Å². The Hall–Kier alpha value is -2.03. The summed E-state index contributed by atoms with van der Waals surface area (Å²) in [4.78, 5) is 9.95. The van der Waals surface area contributed by atoms with Gasteiger partial charge in [0.2, 0.25) is 5.91 Å². The lowest BCUT2D eigenvalue weighted by atomic mass is 10.2. The third-order valence-electron chi connectivity index (χ3n) is 1.52. The second-order valence-corrected chi connectivity index (χ2v) is 2.59. The topological polar surface area (TPSA) is 55.1 Å². The van der Waals surface area contributed by atoms with Gasteiger partial charge in [0.15, 0.2) is 0 Å². The number of rotatable bonds is 2. The van der Waals surface area contributed by atoms with Crippen molar-refractivity contribution in [2.45, 2.75) is 0 Å². The first-order valence-corrected chi connectivity index (χ1v) is 4.52. The van der Waals surface area contributed by atoms with Gasteiger partial charge < -0.3 is 11.1 Å². The third kappa shape index (κ3) is 7.07. The molecule has 3 nitrogen and oxygen atoms in total. The van der Waals surface area contributed by atoms with Gasteiger partial charge in [-0.2, -0.15) is 0 Å². The molecule has 15 heavy (non-hydrogen) atoms. The summed E-state index contributed by atoms with van der Waals surface area (Å²) in [7, 11) is 1.56. The van der Waals surface area contributed by atoms with Crippen molar-refractivity contribution >= 4 is 12.0 Å².